The maximum atomic E-state index is 6.27. The van der Waals surface area contributed by atoms with Crippen LogP contribution in [0.25, 0.3) is 81.6 Å². The van der Waals surface area contributed by atoms with E-state index in [9.17, 15) is 0 Å². The zero-order valence-corrected chi connectivity index (χ0v) is 34.0. The number of imidazole rings is 1. The van der Waals surface area contributed by atoms with Crippen molar-refractivity contribution < 1.29 is 24.5 Å². The zero-order valence-electron chi connectivity index (χ0n) is 28.7. The van der Waals surface area contributed by atoms with Crippen LogP contribution in [0.5, 0.6) is 0 Å². The van der Waals surface area contributed by atoms with E-state index in [0.29, 0.717) is 5.71 Å². The first-order valence-corrected chi connectivity index (χ1v) is 25.1. The molecule has 5 heterocycles. The third-order valence-electron chi connectivity index (χ3n) is 9.23. The van der Waals surface area contributed by atoms with Crippen LogP contribution in [0.1, 0.15) is 0 Å². The quantitative estimate of drug-likeness (QED) is 0.130. The van der Waals surface area contributed by atoms with Crippen LogP contribution in [0.2, 0.25) is 17.3 Å². The largest absolute Gasteiger partial charge is 0.486 e. The summed E-state index contributed by atoms with van der Waals surface area (Å²) in [5.74, 6) is 7.95. The minimum absolute atomic E-state index is 0. The number of nitrogens with zero attached hydrogens (tertiary/aromatic N) is 4. The molecule has 0 aliphatic rings. The summed E-state index contributed by atoms with van der Waals surface area (Å²) < 4.78 is 12.5. The standard InChI is InChI=1S/C30H16N3OS.C14H16GeN.Ir/c1-4-15-25-20(8-1)27-24(14-6-16-26(27)35-25)33-23-13-3-2-12-22(23)32-29(33)21-10-5-9-18-19-11-7-17-31-30(19)34-28(18)21;1-15(2,3)13-9-10-14(16-11-13)12-7-5-4-6-8-12;/h1-9,11-17H;4-7,9-11H,1-3H3;/q2*-1;. The van der Waals surface area contributed by atoms with Gasteiger partial charge < -0.3 is 8.98 Å². The Labute approximate surface area is 321 Å². The van der Waals surface area contributed by atoms with Crippen molar-refractivity contribution >= 4 is 82.3 Å². The molecule has 0 atom stereocenters. The van der Waals surface area contributed by atoms with Gasteiger partial charge >= 0.3 is 99.8 Å². The number of thiophene rings is 1. The number of benzene rings is 5. The number of para-hydroxylation sites is 2. The molecule has 0 aliphatic heterocycles. The van der Waals surface area contributed by atoms with E-state index in [1.54, 1.807) is 6.20 Å². The fourth-order valence-electron chi connectivity index (χ4n) is 6.67. The Hall–Kier alpha value is -4.92. The predicted molar refractivity (Wildman–Crippen MR) is 215 cm³/mol. The smallest absolute Gasteiger partial charge is 0.216 e. The summed E-state index contributed by atoms with van der Waals surface area (Å²) in [5.41, 5.74) is 7.35. The summed E-state index contributed by atoms with van der Waals surface area (Å²) in [6.45, 7) is 0. The normalized spacial score (nSPS) is 11.6. The molecule has 0 saturated heterocycles. The maximum absolute atomic E-state index is 6.27. The van der Waals surface area contributed by atoms with E-state index in [-0.39, 0.29) is 20.1 Å². The second kappa shape index (κ2) is 13.9. The molecule has 0 saturated carbocycles. The van der Waals surface area contributed by atoms with Crippen LogP contribution in [0.4, 0.5) is 0 Å². The monoisotopic (exact) mass is 931 g/mol. The summed E-state index contributed by atoms with van der Waals surface area (Å²) in [5, 5.41) is 4.49. The van der Waals surface area contributed by atoms with Gasteiger partial charge in [0.05, 0.1) is 22.4 Å². The zero-order chi connectivity index (χ0) is 34.5. The van der Waals surface area contributed by atoms with Crippen molar-refractivity contribution in [3.05, 3.63) is 152 Å². The number of hydrogen-bond donors (Lipinski definition) is 0. The van der Waals surface area contributed by atoms with Crippen molar-refractivity contribution in [2.75, 3.05) is 0 Å². The molecule has 255 valence electrons. The summed E-state index contributed by atoms with van der Waals surface area (Å²) in [4.78, 5) is 14.1. The van der Waals surface area contributed by atoms with Gasteiger partial charge in [0.2, 0.25) is 5.71 Å². The van der Waals surface area contributed by atoms with E-state index < -0.39 is 13.3 Å². The molecule has 10 rings (SSSR count). The van der Waals surface area contributed by atoms with Gasteiger partial charge in [-0.3, -0.25) is 4.98 Å². The van der Waals surface area contributed by atoms with Gasteiger partial charge in [0, 0.05) is 57.5 Å². The van der Waals surface area contributed by atoms with Crippen molar-refractivity contribution in [3.63, 3.8) is 0 Å². The van der Waals surface area contributed by atoms with E-state index in [4.69, 9.17) is 9.40 Å². The van der Waals surface area contributed by atoms with Crippen LogP contribution in [0.3, 0.4) is 0 Å². The Kier molecular flexibility index (Phi) is 9.14. The molecular weight excluding hydrogens is 897 g/mol. The number of aromatic nitrogens is 4. The van der Waals surface area contributed by atoms with Gasteiger partial charge in [-0.2, -0.15) is 0 Å². The number of hydrogen-bond acceptors (Lipinski definition) is 5. The number of rotatable bonds is 4. The van der Waals surface area contributed by atoms with Gasteiger partial charge in [0.1, 0.15) is 0 Å². The SMILES string of the molecule is [CH3][Ge]([CH3])([CH3])[c]1ccc(-c2[c-]cccc2)nc1.[Ir].[c-]1ccc2c(oc3ncccc32)c1-c1nc2ccccc2n1-c1cccc2sc3ccccc3c12. The molecule has 5 aromatic carbocycles. The molecule has 5 nitrogen and oxygen atoms in total. The van der Waals surface area contributed by atoms with Crippen LogP contribution >= 0.6 is 11.3 Å². The second-order valence-electron chi connectivity index (χ2n) is 13.5. The van der Waals surface area contributed by atoms with Gasteiger partial charge in [-0.15, -0.1) is 29.5 Å². The first-order valence-electron chi connectivity index (χ1n) is 16.9. The van der Waals surface area contributed by atoms with Crippen molar-refractivity contribution in [1.82, 2.24) is 19.5 Å². The summed E-state index contributed by atoms with van der Waals surface area (Å²) in [6, 6.07) is 50.2. The molecule has 52 heavy (non-hydrogen) atoms. The van der Waals surface area contributed by atoms with E-state index >= 15 is 0 Å². The Morgan fingerprint density at radius 3 is 2.33 bits per heavy atom. The Morgan fingerprint density at radius 2 is 1.50 bits per heavy atom. The summed E-state index contributed by atoms with van der Waals surface area (Å²) in [7, 11) is 0. The first-order chi connectivity index (χ1) is 24.9. The van der Waals surface area contributed by atoms with E-state index in [1.165, 1.54) is 24.6 Å². The van der Waals surface area contributed by atoms with Gasteiger partial charge in [-0.25, -0.2) is 4.98 Å². The average molecular weight is 930 g/mol. The number of fused-ring (bicyclic) bond motifs is 7. The Balaban J connectivity index is 0.000000193. The van der Waals surface area contributed by atoms with Crippen LogP contribution in [0.15, 0.2) is 144 Å². The van der Waals surface area contributed by atoms with Gasteiger partial charge in [0.25, 0.3) is 0 Å². The third kappa shape index (κ3) is 6.08. The van der Waals surface area contributed by atoms with E-state index in [0.717, 1.165) is 55.7 Å². The van der Waals surface area contributed by atoms with Gasteiger partial charge in [-0.05, 0) is 42.5 Å². The molecule has 0 unspecified atom stereocenters. The molecule has 0 fully saturated rings. The molecule has 10 aromatic rings. The van der Waals surface area contributed by atoms with Crippen LogP contribution < -0.4 is 4.40 Å². The van der Waals surface area contributed by atoms with Gasteiger partial charge in [-0.1, -0.05) is 47.3 Å². The Bertz CT molecular complexity index is 2850. The minimum atomic E-state index is -1.72. The second-order valence-corrected chi connectivity index (χ2v) is 25.3. The molecule has 8 heteroatoms. The molecule has 1 radical (unpaired) electrons. The molecule has 0 aliphatic carbocycles. The van der Waals surface area contributed by atoms with Crippen molar-refractivity contribution in [1.29, 1.82) is 0 Å². The molecule has 0 bridgehead atoms. The van der Waals surface area contributed by atoms with E-state index in [1.807, 2.05) is 72.1 Å². The number of furan rings is 1. The minimum Gasteiger partial charge on any atom is -0.486 e. The van der Waals surface area contributed by atoms with E-state index in [2.05, 4.69) is 117 Å². The molecule has 0 N–H and O–H groups in total. The predicted octanol–water partition coefficient (Wildman–Crippen LogP) is 11.2. The summed E-state index contributed by atoms with van der Waals surface area (Å²) in [6.07, 6.45) is 3.79. The maximum Gasteiger partial charge on any atom is 0.216 e. The van der Waals surface area contributed by atoms with Crippen LogP contribution in [-0.2, 0) is 20.1 Å². The van der Waals surface area contributed by atoms with Crippen molar-refractivity contribution in [3.8, 4) is 28.3 Å². The number of pyridine rings is 2. The van der Waals surface area contributed by atoms with Crippen LogP contribution in [-0.4, -0.2) is 32.8 Å². The first kappa shape index (κ1) is 34.2. The third-order valence-corrected chi connectivity index (χ3v) is 14.6. The average Bonchev–Trinajstić information content (AvgIpc) is 3.87. The van der Waals surface area contributed by atoms with Crippen molar-refractivity contribution in [2.45, 2.75) is 17.3 Å². The molecule has 0 amide bonds. The Morgan fingerprint density at radius 1 is 0.692 bits per heavy atom. The molecule has 5 aromatic heterocycles. The van der Waals surface area contributed by atoms with Crippen molar-refractivity contribution in [2.24, 2.45) is 0 Å². The fourth-order valence-corrected chi connectivity index (χ4v) is 9.97. The van der Waals surface area contributed by atoms with Crippen LogP contribution in [0, 0.1) is 12.1 Å². The fraction of sp³-hybridized carbons (Fsp3) is 0.0682. The van der Waals surface area contributed by atoms with Gasteiger partial charge in [0.15, 0.2) is 0 Å². The molecule has 0 spiro atoms. The molecular formula is C44H32GeIrN4OS-2. The summed E-state index contributed by atoms with van der Waals surface area (Å²) >= 11 is 0.101. The topological polar surface area (TPSA) is 56.7 Å².